The molecule has 0 bridgehead atoms. The van der Waals surface area contributed by atoms with E-state index in [1.165, 1.54) is 11.8 Å². The van der Waals surface area contributed by atoms with Gasteiger partial charge < -0.3 is 9.80 Å². The van der Waals surface area contributed by atoms with E-state index in [0.717, 1.165) is 30.4 Å². The fraction of sp³-hybridized carbons (Fsp3) is 0.364. The highest BCUT2D eigenvalue weighted by atomic mass is 32.2. The van der Waals surface area contributed by atoms with Crippen molar-refractivity contribution < 1.29 is 4.79 Å². The van der Waals surface area contributed by atoms with Crippen molar-refractivity contribution in [1.82, 2.24) is 24.6 Å². The van der Waals surface area contributed by atoms with Crippen molar-refractivity contribution in [2.24, 2.45) is 0 Å². The van der Waals surface area contributed by atoms with Gasteiger partial charge in [-0.3, -0.25) is 4.79 Å². The predicted octanol–water partition coefficient (Wildman–Crippen LogP) is 3.23. The molecule has 4 rings (SSSR count). The molecular formula is C22H26N6OS. The number of pyridine rings is 1. The molecule has 30 heavy (non-hydrogen) atoms. The van der Waals surface area contributed by atoms with E-state index < -0.39 is 0 Å². The lowest BCUT2D eigenvalue weighted by Gasteiger charge is -2.35. The minimum absolute atomic E-state index is 0.128. The first-order valence-corrected chi connectivity index (χ1v) is 11.2. The smallest absolute Gasteiger partial charge is 0.233 e. The third-order valence-electron chi connectivity index (χ3n) is 5.06. The number of benzene rings is 1. The Morgan fingerprint density at radius 3 is 2.43 bits per heavy atom. The first kappa shape index (κ1) is 20.4. The fourth-order valence-electron chi connectivity index (χ4n) is 3.44. The molecule has 0 unspecified atom stereocenters. The predicted molar refractivity (Wildman–Crippen MR) is 119 cm³/mol. The van der Waals surface area contributed by atoms with Gasteiger partial charge in [-0.1, -0.05) is 49.9 Å². The maximum atomic E-state index is 12.7. The molecule has 0 N–H and O–H groups in total. The first-order chi connectivity index (χ1) is 14.6. The molecule has 0 spiro atoms. The minimum Gasteiger partial charge on any atom is -0.353 e. The average molecular weight is 423 g/mol. The number of amides is 1. The van der Waals surface area contributed by atoms with Crippen molar-refractivity contribution in [1.29, 1.82) is 0 Å². The lowest BCUT2D eigenvalue weighted by atomic mass is 10.2. The van der Waals surface area contributed by atoms with E-state index in [4.69, 9.17) is 0 Å². The molecule has 3 heterocycles. The summed E-state index contributed by atoms with van der Waals surface area (Å²) in [5.74, 6) is 2.58. The Kier molecular flexibility index (Phi) is 6.32. The molecule has 7 nitrogen and oxygen atoms in total. The van der Waals surface area contributed by atoms with Crippen LogP contribution in [-0.4, -0.2) is 62.5 Å². The normalized spacial score (nSPS) is 14.4. The van der Waals surface area contributed by atoms with Crippen LogP contribution >= 0.6 is 11.8 Å². The Labute approximate surface area is 181 Å². The largest absolute Gasteiger partial charge is 0.353 e. The van der Waals surface area contributed by atoms with Gasteiger partial charge in [-0.15, -0.1) is 5.10 Å². The average Bonchev–Trinajstić information content (AvgIpc) is 3.24. The second-order valence-electron chi connectivity index (χ2n) is 7.50. The van der Waals surface area contributed by atoms with Gasteiger partial charge in [0.25, 0.3) is 0 Å². The van der Waals surface area contributed by atoms with Gasteiger partial charge in [0.2, 0.25) is 11.1 Å². The Morgan fingerprint density at radius 1 is 1.03 bits per heavy atom. The maximum absolute atomic E-state index is 12.7. The molecule has 8 heteroatoms. The highest BCUT2D eigenvalue weighted by molar-refractivity contribution is 7.99. The summed E-state index contributed by atoms with van der Waals surface area (Å²) in [5.41, 5.74) is 0.984. The molecule has 0 saturated carbocycles. The lowest BCUT2D eigenvalue weighted by Crippen LogP contribution is -2.49. The van der Waals surface area contributed by atoms with Gasteiger partial charge in [-0.05, 0) is 24.3 Å². The van der Waals surface area contributed by atoms with Gasteiger partial charge in [0.1, 0.15) is 11.6 Å². The summed E-state index contributed by atoms with van der Waals surface area (Å²) in [6, 6.07) is 15.9. The summed E-state index contributed by atoms with van der Waals surface area (Å²) >= 11 is 1.41. The fourth-order valence-corrected chi connectivity index (χ4v) is 4.17. The van der Waals surface area contributed by atoms with Crippen LogP contribution in [0.3, 0.4) is 0 Å². The molecule has 1 saturated heterocycles. The summed E-state index contributed by atoms with van der Waals surface area (Å²) in [6.45, 7) is 7.21. The van der Waals surface area contributed by atoms with E-state index in [-0.39, 0.29) is 11.8 Å². The van der Waals surface area contributed by atoms with E-state index in [2.05, 4.69) is 33.8 Å². The molecule has 0 atom stereocenters. The van der Waals surface area contributed by atoms with Crippen molar-refractivity contribution in [3.05, 3.63) is 60.6 Å². The number of nitrogens with zero attached hydrogens (tertiary/aromatic N) is 6. The van der Waals surface area contributed by atoms with Crippen LogP contribution in [0.2, 0.25) is 0 Å². The van der Waals surface area contributed by atoms with Crippen molar-refractivity contribution >= 4 is 23.5 Å². The summed E-state index contributed by atoms with van der Waals surface area (Å²) in [4.78, 5) is 25.9. The number of aromatic nitrogens is 4. The zero-order valence-corrected chi connectivity index (χ0v) is 18.1. The number of carbonyl (C=O) groups excluding carboxylic acids is 1. The number of piperazine rings is 1. The van der Waals surface area contributed by atoms with Gasteiger partial charge in [-0.2, -0.15) is 0 Å². The molecule has 3 aromatic rings. The lowest BCUT2D eigenvalue weighted by molar-refractivity contribution is -0.128. The van der Waals surface area contributed by atoms with Crippen LogP contribution in [0.1, 0.15) is 25.6 Å². The van der Waals surface area contributed by atoms with Crippen LogP contribution in [-0.2, 0) is 4.79 Å². The number of anilines is 1. The Hall–Kier alpha value is -2.87. The highest BCUT2D eigenvalue weighted by Crippen LogP contribution is 2.22. The number of para-hydroxylation sites is 1. The van der Waals surface area contributed by atoms with Crippen LogP contribution in [0.15, 0.2) is 59.9 Å². The molecule has 0 aliphatic carbocycles. The van der Waals surface area contributed by atoms with Crippen LogP contribution in [0.5, 0.6) is 0 Å². The zero-order chi connectivity index (χ0) is 20.9. The second kappa shape index (κ2) is 9.30. The highest BCUT2D eigenvalue weighted by Gasteiger charge is 2.23. The van der Waals surface area contributed by atoms with Crippen LogP contribution in [0, 0.1) is 0 Å². The molecule has 1 aliphatic heterocycles. The molecule has 0 radical (unpaired) electrons. The molecule has 1 aromatic carbocycles. The topological polar surface area (TPSA) is 67.2 Å². The molecule has 2 aromatic heterocycles. The van der Waals surface area contributed by atoms with Crippen LogP contribution < -0.4 is 4.90 Å². The van der Waals surface area contributed by atoms with Gasteiger partial charge >= 0.3 is 0 Å². The van der Waals surface area contributed by atoms with Crippen molar-refractivity contribution in [2.75, 3.05) is 36.8 Å². The zero-order valence-electron chi connectivity index (χ0n) is 17.3. The number of hydrogen-bond donors (Lipinski definition) is 0. The van der Waals surface area contributed by atoms with E-state index in [0.29, 0.717) is 24.0 Å². The standard InChI is InChI=1S/C22H26N6OS/c1-17(2)21-24-22(25-28(21)18-8-4-3-5-9-18)30-16-20(29)27-14-12-26(13-15-27)19-10-6-7-11-23-19/h3-11,17H,12-16H2,1-2H3. The Bertz CT molecular complexity index is 968. The second-order valence-corrected chi connectivity index (χ2v) is 8.44. The molecule has 156 valence electrons. The molecule has 1 amide bonds. The molecule has 1 fully saturated rings. The maximum Gasteiger partial charge on any atom is 0.233 e. The quantitative estimate of drug-likeness (QED) is 0.568. The van der Waals surface area contributed by atoms with Gasteiger partial charge in [-0.25, -0.2) is 14.6 Å². The monoisotopic (exact) mass is 422 g/mol. The van der Waals surface area contributed by atoms with Crippen LogP contribution in [0.4, 0.5) is 5.82 Å². The van der Waals surface area contributed by atoms with Crippen molar-refractivity contribution in [3.8, 4) is 5.69 Å². The third-order valence-corrected chi connectivity index (χ3v) is 5.88. The van der Waals surface area contributed by atoms with Crippen molar-refractivity contribution in [3.63, 3.8) is 0 Å². The van der Waals surface area contributed by atoms with E-state index in [9.17, 15) is 4.79 Å². The SMILES string of the molecule is CC(C)c1nc(SCC(=O)N2CCN(c3ccccn3)CC2)nn1-c1ccccc1. The molecule has 1 aliphatic rings. The number of thioether (sulfide) groups is 1. The van der Waals surface area contributed by atoms with E-state index in [1.807, 2.05) is 58.1 Å². The minimum atomic E-state index is 0.128. The Morgan fingerprint density at radius 2 is 1.77 bits per heavy atom. The summed E-state index contributed by atoms with van der Waals surface area (Å²) < 4.78 is 1.88. The third kappa shape index (κ3) is 4.64. The summed E-state index contributed by atoms with van der Waals surface area (Å²) in [7, 11) is 0. The van der Waals surface area contributed by atoms with Crippen LogP contribution in [0.25, 0.3) is 5.69 Å². The van der Waals surface area contributed by atoms with E-state index >= 15 is 0 Å². The van der Waals surface area contributed by atoms with Gasteiger partial charge in [0.05, 0.1) is 11.4 Å². The number of rotatable bonds is 6. The van der Waals surface area contributed by atoms with Crippen molar-refractivity contribution in [2.45, 2.75) is 24.9 Å². The number of carbonyl (C=O) groups is 1. The Balaban J connectivity index is 1.35. The summed E-state index contributed by atoms with van der Waals surface area (Å²) in [6.07, 6.45) is 1.80. The van der Waals surface area contributed by atoms with Gasteiger partial charge in [0, 0.05) is 38.3 Å². The van der Waals surface area contributed by atoms with E-state index in [1.54, 1.807) is 6.20 Å². The van der Waals surface area contributed by atoms with Gasteiger partial charge in [0.15, 0.2) is 0 Å². The number of hydrogen-bond acceptors (Lipinski definition) is 6. The summed E-state index contributed by atoms with van der Waals surface area (Å²) in [5, 5.41) is 5.29. The molecular weight excluding hydrogens is 396 g/mol. The first-order valence-electron chi connectivity index (χ1n) is 10.2.